The number of hydrogen-bond acceptors (Lipinski definition) is 7. The largest absolute Gasteiger partial charge is 0.490 e. The summed E-state index contributed by atoms with van der Waals surface area (Å²) in [5.74, 6) is 2.55. The predicted molar refractivity (Wildman–Crippen MR) is 181 cm³/mol. The maximum absolute atomic E-state index is 14.1. The number of thioether (sulfide) groups is 1. The normalized spacial score (nSPS) is 14.2. The van der Waals surface area contributed by atoms with E-state index in [-0.39, 0.29) is 5.91 Å². The Bertz CT molecular complexity index is 1690. The number of halogens is 1. The van der Waals surface area contributed by atoms with Crippen molar-refractivity contribution in [2.45, 2.75) is 65.3 Å². The summed E-state index contributed by atoms with van der Waals surface area (Å²) in [6.07, 6.45) is 2.17. The van der Waals surface area contributed by atoms with Crippen LogP contribution in [0.5, 0.6) is 11.5 Å². The molecule has 4 aromatic rings. The van der Waals surface area contributed by atoms with Crippen molar-refractivity contribution in [2.75, 3.05) is 23.0 Å². The third kappa shape index (κ3) is 7.13. The highest BCUT2D eigenvalue weighted by Crippen LogP contribution is 2.40. The predicted octanol–water partition coefficient (Wildman–Crippen LogP) is 8.45. The summed E-state index contributed by atoms with van der Waals surface area (Å²) in [4.78, 5) is 18.9. The second kappa shape index (κ2) is 14.3. The lowest BCUT2D eigenvalue weighted by Gasteiger charge is -2.29. The van der Waals surface area contributed by atoms with Gasteiger partial charge in [-0.2, -0.15) is 4.98 Å². The number of nitrogens with zero attached hydrogens (tertiary/aromatic N) is 3. The lowest BCUT2D eigenvalue weighted by Crippen LogP contribution is -2.31. The number of aromatic nitrogens is 3. The molecule has 44 heavy (non-hydrogen) atoms. The van der Waals surface area contributed by atoms with E-state index < -0.39 is 6.04 Å². The van der Waals surface area contributed by atoms with E-state index in [9.17, 15) is 4.79 Å². The zero-order valence-electron chi connectivity index (χ0n) is 25.7. The van der Waals surface area contributed by atoms with Gasteiger partial charge in [0.05, 0.1) is 12.2 Å². The van der Waals surface area contributed by atoms with Crippen molar-refractivity contribution in [3.63, 3.8) is 0 Å². The molecule has 3 aromatic carbocycles. The number of unbranched alkanes of at least 4 members (excludes halogenated alkanes) is 1. The Labute approximate surface area is 271 Å². The number of ether oxygens (including phenoxy) is 2. The quantitative estimate of drug-likeness (QED) is 0.115. The molecule has 230 valence electrons. The smallest absolute Gasteiger partial charge is 0.255 e. The van der Waals surface area contributed by atoms with E-state index in [0.717, 1.165) is 56.7 Å². The number of amides is 1. The molecular formula is C34H38BrN5O3S. The van der Waals surface area contributed by atoms with Crippen LogP contribution < -0.4 is 20.1 Å². The van der Waals surface area contributed by atoms with Crippen molar-refractivity contribution in [3.8, 4) is 11.5 Å². The average molecular weight is 677 g/mol. The number of nitrogens with one attached hydrogen (secondary N) is 2. The summed E-state index contributed by atoms with van der Waals surface area (Å²) in [6, 6.07) is 19.2. The third-order valence-electron chi connectivity index (χ3n) is 7.53. The molecule has 5 rings (SSSR count). The van der Waals surface area contributed by atoms with Crippen molar-refractivity contribution in [3.05, 3.63) is 98.7 Å². The maximum Gasteiger partial charge on any atom is 0.255 e. The van der Waals surface area contributed by atoms with E-state index in [1.807, 2.05) is 93.0 Å². The van der Waals surface area contributed by atoms with E-state index in [4.69, 9.17) is 19.6 Å². The molecule has 0 fully saturated rings. The van der Waals surface area contributed by atoms with Gasteiger partial charge < -0.3 is 20.1 Å². The Kier molecular flexibility index (Phi) is 10.3. The molecule has 2 N–H and O–H groups in total. The Balaban J connectivity index is 1.53. The van der Waals surface area contributed by atoms with E-state index >= 15 is 0 Å². The van der Waals surface area contributed by atoms with E-state index in [0.29, 0.717) is 41.4 Å². The number of carbonyl (C=O) groups is 1. The highest BCUT2D eigenvalue weighted by Gasteiger charge is 2.35. The molecule has 1 unspecified atom stereocenters. The summed E-state index contributed by atoms with van der Waals surface area (Å²) >= 11 is 5.15. The molecule has 1 atom stereocenters. The molecule has 8 nitrogen and oxygen atoms in total. The van der Waals surface area contributed by atoms with Crippen LogP contribution in [0.15, 0.2) is 81.6 Å². The molecular weight excluding hydrogens is 638 g/mol. The molecule has 1 aliphatic heterocycles. The van der Waals surface area contributed by atoms with Crippen LogP contribution in [-0.4, -0.2) is 33.0 Å². The summed E-state index contributed by atoms with van der Waals surface area (Å²) in [5.41, 5.74) is 6.06. The summed E-state index contributed by atoms with van der Waals surface area (Å²) in [7, 11) is 0. The second-order valence-corrected chi connectivity index (χ2v) is 12.7. The van der Waals surface area contributed by atoms with Gasteiger partial charge in [0.15, 0.2) is 11.5 Å². The molecule has 2 heterocycles. The Morgan fingerprint density at radius 3 is 2.64 bits per heavy atom. The standard InChI is InChI=1S/C34H38BrN5O3S/c1-6-8-17-44-34-38-33-36-23(5)30(32(41)37-27-14-9-11-21(3)22(27)4)31(40(33)39-34)25-15-16-28(29(19-25)42-7-2)43-20-24-12-10-13-26(35)18-24/h9-16,18-19,31H,6-8,17,20H2,1-5H3,(H,37,41)(H,36,38,39). The van der Waals surface area contributed by atoms with E-state index in [1.165, 1.54) is 0 Å². The van der Waals surface area contributed by atoms with Crippen LogP contribution in [0, 0.1) is 13.8 Å². The topological polar surface area (TPSA) is 90.3 Å². The van der Waals surface area contributed by atoms with Gasteiger partial charge >= 0.3 is 0 Å². The van der Waals surface area contributed by atoms with Crippen LogP contribution in [0.3, 0.4) is 0 Å². The molecule has 0 aliphatic carbocycles. The van der Waals surface area contributed by atoms with Gasteiger partial charge in [-0.3, -0.25) is 4.79 Å². The third-order valence-corrected chi connectivity index (χ3v) is 8.94. The van der Waals surface area contributed by atoms with Crippen LogP contribution >= 0.6 is 27.7 Å². The number of rotatable bonds is 12. The number of allylic oxidation sites excluding steroid dienone is 1. The molecule has 1 aliphatic rings. The summed E-state index contributed by atoms with van der Waals surface area (Å²) in [5, 5.41) is 12.1. The molecule has 0 spiro atoms. The van der Waals surface area contributed by atoms with Gasteiger partial charge in [-0.05, 0) is 86.7 Å². The first-order chi connectivity index (χ1) is 21.3. The summed E-state index contributed by atoms with van der Waals surface area (Å²) in [6.45, 7) is 10.9. The van der Waals surface area contributed by atoms with Crippen molar-refractivity contribution in [2.24, 2.45) is 0 Å². The van der Waals surface area contributed by atoms with Crippen molar-refractivity contribution in [1.29, 1.82) is 0 Å². The highest BCUT2D eigenvalue weighted by atomic mass is 79.9. The van der Waals surface area contributed by atoms with Gasteiger partial charge in [-0.15, -0.1) is 5.10 Å². The molecule has 0 saturated heterocycles. The van der Waals surface area contributed by atoms with Crippen LogP contribution in [0.2, 0.25) is 0 Å². The lowest BCUT2D eigenvalue weighted by atomic mass is 9.94. The van der Waals surface area contributed by atoms with Crippen molar-refractivity contribution in [1.82, 2.24) is 14.8 Å². The van der Waals surface area contributed by atoms with Crippen molar-refractivity contribution < 1.29 is 14.3 Å². The van der Waals surface area contributed by atoms with Crippen molar-refractivity contribution >= 4 is 45.2 Å². The fraction of sp³-hybridized carbons (Fsp3) is 0.324. The number of aryl methyl sites for hydroxylation is 1. The molecule has 1 amide bonds. The van der Waals surface area contributed by atoms with Gasteiger partial charge in [0.1, 0.15) is 12.6 Å². The van der Waals surface area contributed by atoms with Gasteiger partial charge in [-0.1, -0.05) is 71.4 Å². The first-order valence-corrected chi connectivity index (χ1v) is 16.7. The number of hydrogen-bond donors (Lipinski definition) is 2. The zero-order chi connectivity index (χ0) is 31.2. The van der Waals surface area contributed by atoms with Gasteiger partial charge in [-0.25, -0.2) is 4.68 Å². The highest BCUT2D eigenvalue weighted by molar-refractivity contribution is 9.10. The minimum atomic E-state index is -0.539. The Hall–Kier alpha value is -3.76. The maximum atomic E-state index is 14.1. The van der Waals surface area contributed by atoms with Gasteiger partial charge in [0.25, 0.3) is 5.91 Å². The van der Waals surface area contributed by atoms with Crippen LogP contribution in [-0.2, 0) is 11.4 Å². The van der Waals surface area contributed by atoms with Gasteiger partial charge in [0.2, 0.25) is 11.1 Å². The lowest BCUT2D eigenvalue weighted by molar-refractivity contribution is -0.113. The zero-order valence-corrected chi connectivity index (χ0v) is 28.1. The number of fused-ring (bicyclic) bond motifs is 1. The Morgan fingerprint density at radius 1 is 1.05 bits per heavy atom. The van der Waals surface area contributed by atoms with Crippen LogP contribution in [0.4, 0.5) is 11.6 Å². The number of benzene rings is 3. The van der Waals surface area contributed by atoms with Crippen LogP contribution in [0.25, 0.3) is 0 Å². The molecule has 0 bridgehead atoms. The second-order valence-electron chi connectivity index (χ2n) is 10.7. The fourth-order valence-corrected chi connectivity index (χ4v) is 6.41. The average Bonchev–Trinajstić information content (AvgIpc) is 3.40. The molecule has 10 heteroatoms. The fourth-order valence-electron chi connectivity index (χ4n) is 5.05. The molecule has 0 saturated carbocycles. The number of carbonyl (C=O) groups excluding carboxylic acids is 1. The monoisotopic (exact) mass is 675 g/mol. The van der Waals surface area contributed by atoms with Gasteiger partial charge in [0, 0.05) is 21.6 Å². The first kappa shape index (κ1) is 31.7. The summed E-state index contributed by atoms with van der Waals surface area (Å²) < 4.78 is 15.1. The minimum absolute atomic E-state index is 0.206. The van der Waals surface area contributed by atoms with E-state index in [1.54, 1.807) is 11.8 Å². The minimum Gasteiger partial charge on any atom is -0.490 e. The first-order valence-electron chi connectivity index (χ1n) is 14.9. The molecule has 0 radical (unpaired) electrons. The number of anilines is 2. The van der Waals surface area contributed by atoms with Crippen LogP contribution in [0.1, 0.15) is 61.9 Å². The Morgan fingerprint density at radius 2 is 1.86 bits per heavy atom. The SMILES string of the molecule is CCCCSc1nc2n(n1)C(c1ccc(OCc3cccc(Br)c3)c(OCC)c1)C(C(=O)Nc1cccc(C)c1C)=C(C)N2. The van der Waals surface area contributed by atoms with E-state index in [2.05, 4.69) is 33.5 Å². The molecule has 1 aromatic heterocycles.